The van der Waals surface area contributed by atoms with Gasteiger partial charge in [-0.05, 0) is 50.6 Å². The van der Waals surface area contributed by atoms with Gasteiger partial charge in [0.1, 0.15) is 0 Å². The Kier molecular flexibility index (Phi) is 9.32. The molecule has 7 nitrogen and oxygen atoms in total. The van der Waals surface area contributed by atoms with E-state index < -0.39 is 0 Å². The van der Waals surface area contributed by atoms with E-state index in [1.165, 1.54) is 5.00 Å². The van der Waals surface area contributed by atoms with Crippen LogP contribution in [0.5, 0.6) is 0 Å². The zero-order valence-electron chi connectivity index (χ0n) is 16.0. The molecule has 0 atom stereocenters. The van der Waals surface area contributed by atoms with Gasteiger partial charge in [-0.3, -0.25) is 4.99 Å². The van der Waals surface area contributed by atoms with E-state index in [1.54, 1.807) is 0 Å². The molecule has 2 N–H and O–H groups in total. The Morgan fingerprint density at radius 1 is 1.41 bits per heavy atom. The van der Waals surface area contributed by atoms with E-state index in [9.17, 15) is 0 Å². The van der Waals surface area contributed by atoms with Crippen LogP contribution in [0.3, 0.4) is 0 Å². The Balaban J connectivity index is 0.00000261. The van der Waals surface area contributed by atoms with Gasteiger partial charge >= 0.3 is 0 Å². The second kappa shape index (κ2) is 11.5. The van der Waals surface area contributed by atoms with E-state index in [4.69, 9.17) is 9.52 Å². The summed E-state index contributed by atoms with van der Waals surface area (Å²) >= 11 is 1.82. The molecule has 0 bridgehead atoms. The molecule has 1 fully saturated rings. The zero-order valence-corrected chi connectivity index (χ0v) is 19.1. The molecule has 3 heterocycles. The van der Waals surface area contributed by atoms with Crippen molar-refractivity contribution in [2.45, 2.75) is 45.6 Å². The lowest BCUT2D eigenvalue weighted by molar-refractivity contribution is 0.372. The first-order valence-electron chi connectivity index (χ1n) is 9.37. The molecule has 1 saturated heterocycles. The first kappa shape index (κ1) is 21.9. The number of hydrogen-bond donors (Lipinski definition) is 2. The van der Waals surface area contributed by atoms with Crippen molar-refractivity contribution < 1.29 is 4.52 Å². The number of aromatic nitrogens is 2. The molecule has 1 aliphatic rings. The topological polar surface area (TPSA) is 78.6 Å². The van der Waals surface area contributed by atoms with Crippen LogP contribution in [-0.2, 0) is 6.42 Å². The number of halogens is 1. The van der Waals surface area contributed by atoms with Crippen LogP contribution in [0, 0.1) is 6.92 Å². The summed E-state index contributed by atoms with van der Waals surface area (Å²) in [6.45, 7) is 7.72. The minimum absolute atomic E-state index is 0. The highest BCUT2D eigenvalue weighted by atomic mass is 127. The lowest BCUT2D eigenvalue weighted by Gasteiger charge is -2.33. The molecule has 0 aromatic carbocycles. The molecule has 27 heavy (non-hydrogen) atoms. The third-order valence-electron chi connectivity index (χ3n) is 4.39. The maximum atomic E-state index is 5.14. The maximum absolute atomic E-state index is 5.14. The van der Waals surface area contributed by atoms with Crippen LogP contribution < -0.4 is 15.5 Å². The molecule has 0 unspecified atom stereocenters. The van der Waals surface area contributed by atoms with Gasteiger partial charge in [-0.2, -0.15) is 4.98 Å². The Bertz CT molecular complexity index is 682. The molecule has 9 heteroatoms. The summed E-state index contributed by atoms with van der Waals surface area (Å²) in [5.74, 6) is 2.28. The Hall–Kier alpha value is -1.36. The summed E-state index contributed by atoms with van der Waals surface area (Å²) in [6, 6.07) is 4.80. The summed E-state index contributed by atoms with van der Waals surface area (Å²) in [5, 5.41) is 14.3. The third-order valence-corrected chi connectivity index (χ3v) is 5.32. The van der Waals surface area contributed by atoms with Gasteiger partial charge < -0.3 is 20.1 Å². The molecule has 150 valence electrons. The van der Waals surface area contributed by atoms with Crippen molar-refractivity contribution in [2.75, 3.05) is 31.1 Å². The molecule has 1 aliphatic heterocycles. The van der Waals surface area contributed by atoms with Crippen LogP contribution in [0.1, 0.15) is 37.9 Å². The Morgan fingerprint density at radius 2 is 2.22 bits per heavy atom. The predicted octanol–water partition coefficient (Wildman–Crippen LogP) is 3.21. The highest BCUT2D eigenvalue weighted by molar-refractivity contribution is 14.0. The van der Waals surface area contributed by atoms with Crippen molar-refractivity contribution in [2.24, 2.45) is 4.99 Å². The highest BCUT2D eigenvalue weighted by Crippen LogP contribution is 2.24. The maximum Gasteiger partial charge on any atom is 0.226 e. The molecule has 0 radical (unpaired) electrons. The van der Waals surface area contributed by atoms with Crippen LogP contribution >= 0.6 is 35.3 Å². The monoisotopic (exact) mass is 504 g/mol. The van der Waals surface area contributed by atoms with E-state index in [1.807, 2.05) is 18.3 Å². The van der Waals surface area contributed by atoms with Crippen molar-refractivity contribution in [1.82, 2.24) is 20.8 Å². The van der Waals surface area contributed by atoms with Crippen LogP contribution in [-0.4, -0.2) is 48.3 Å². The SMILES string of the molecule is CCNC(=NCCCc1nc(C)no1)NC1CCN(c2cccs2)CC1.I. The van der Waals surface area contributed by atoms with Crippen LogP contribution in [0.4, 0.5) is 5.00 Å². The number of piperidine rings is 1. The molecular formula is C18H29IN6OS. The number of aliphatic imine (C=N–C) groups is 1. The summed E-state index contributed by atoms with van der Waals surface area (Å²) < 4.78 is 5.14. The largest absolute Gasteiger partial charge is 0.363 e. The van der Waals surface area contributed by atoms with Crippen molar-refractivity contribution >= 4 is 46.3 Å². The summed E-state index contributed by atoms with van der Waals surface area (Å²) in [6.07, 6.45) is 3.92. The number of thiophene rings is 1. The van der Waals surface area contributed by atoms with E-state index in [0.717, 1.165) is 57.8 Å². The smallest absolute Gasteiger partial charge is 0.226 e. The second-order valence-corrected chi connectivity index (χ2v) is 7.38. The van der Waals surface area contributed by atoms with Gasteiger partial charge in [0, 0.05) is 38.6 Å². The first-order chi connectivity index (χ1) is 12.7. The van der Waals surface area contributed by atoms with E-state index in [2.05, 4.69) is 50.1 Å². The predicted molar refractivity (Wildman–Crippen MR) is 121 cm³/mol. The van der Waals surface area contributed by atoms with Gasteiger partial charge in [0.05, 0.1) is 5.00 Å². The lowest BCUT2D eigenvalue weighted by atomic mass is 10.1. The number of aryl methyl sites for hydroxylation is 2. The number of rotatable bonds is 7. The van der Waals surface area contributed by atoms with Gasteiger partial charge in [-0.1, -0.05) is 5.16 Å². The number of nitrogens with one attached hydrogen (secondary N) is 2. The van der Waals surface area contributed by atoms with Crippen LogP contribution in [0.25, 0.3) is 0 Å². The molecule has 0 saturated carbocycles. The quantitative estimate of drug-likeness (QED) is 0.261. The normalized spacial score (nSPS) is 15.5. The summed E-state index contributed by atoms with van der Waals surface area (Å²) in [7, 11) is 0. The number of hydrogen-bond acceptors (Lipinski definition) is 6. The summed E-state index contributed by atoms with van der Waals surface area (Å²) in [5.41, 5.74) is 0. The molecule has 0 amide bonds. The fraction of sp³-hybridized carbons (Fsp3) is 0.611. The van der Waals surface area contributed by atoms with Crippen LogP contribution in [0.2, 0.25) is 0 Å². The summed E-state index contributed by atoms with van der Waals surface area (Å²) in [4.78, 5) is 11.4. The zero-order chi connectivity index (χ0) is 18.2. The Morgan fingerprint density at radius 3 is 2.85 bits per heavy atom. The van der Waals surface area contributed by atoms with Gasteiger partial charge in [0.15, 0.2) is 11.8 Å². The minimum atomic E-state index is 0. The highest BCUT2D eigenvalue weighted by Gasteiger charge is 2.20. The third kappa shape index (κ3) is 6.95. The Labute approximate surface area is 182 Å². The van der Waals surface area contributed by atoms with Gasteiger partial charge in [-0.25, -0.2) is 0 Å². The number of anilines is 1. The minimum Gasteiger partial charge on any atom is -0.363 e. The van der Waals surface area contributed by atoms with E-state index in [-0.39, 0.29) is 24.0 Å². The first-order valence-corrected chi connectivity index (χ1v) is 10.2. The molecule has 0 aliphatic carbocycles. The van der Waals surface area contributed by atoms with Gasteiger partial charge in [-0.15, -0.1) is 35.3 Å². The molecule has 2 aromatic heterocycles. The van der Waals surface area contributed by atoms with Crippen molar-refractivity contribution in [3.8, 4) is 0 Å². The van der Waals surface area contributed by atoms with E-state index in [0.29, 0.717) is 17.8 Å². The fourth-order valence-corrected chi connectivity index (χ4v) is 3.86. The van der Waals surface area contributed by atoms with Gasteiger partial charge in [0.2, 0.25) is 5.89 Å². The fourth-order valence-electron chi connectivity index (χ4n) is 3.07. The lowest BCUT2D eigenvalue weighted by Crippen LogP contribution is -2.48. The molecule has 3 rings (SSSR count). The standard InChI is InChI=1S/C18H28N6OS.HI/c1-3-19-18(20-10-4-6-16-21-14(2)23-25-16)22-15-8-11-24(12-9-15)17-7-5-13-26-17;/h5,7,13,15H,3-4,6,8-12H2,1-2H3,(H2,19,20,22);1H. The van der Waals surface area contributed by atoms with Crippen LogP contribution in [0.15, 0.2) is 27.0 Å². The van der Waals surface area contributed by atoms with Crippen molar-refractivity contribution in [3.05, 3.63) is 29.2 Å². The van der Waals surface area contributed by atoms with Crippen molar-refractivity contribution in [3.63, 3.8) is 0 Å². The van der Waals surface area contributed by atoms with Gasteiger partial charge in [0.25, 0.3) is 0 Å². The van der Waals surface area contributed by atoms with E-state index >= 15 is 0 Å². The average Bonchev–Trinajstić information content (AvgIpc) is 3.31. The molecule has 0 spiro atoms. The van der Waals surface area contributed by atoms with Crippen molar-refractivity contribution in [1.29, 1.82) is 0 Å². The number of nitrogens with zero attached hydrogens (tertiary/aromatic N) is 4. The number of guanidine groups is 1. The molecule has 2 aromatic rings. The average molecular weight is 504 g/mol. The second-order valence-electron chi connectivity index (χ2n) is 6.46. The molecular weight excluding hydrogens is 475 g/mol.